The molecule has 0 bridgehead atoms. The van der Waals surface area contributed by atoms with E-state index in [9.17, 15) is 28.6 Å². The van der Waals surface area contributed by atoms with E-state index in [2.05, 4.69) is 27.7 Å². The van der Waals surface area contributed by atoms with Crippen LogP contribution in [0.3, 0.4) is 0 Å². The monoisotopic (exact) mass is 987 g/mol. The van der Waals surface area contributed by atoms with Gasteiger partial charge in [0.1, 0.15) is 19.8 Å². The molecule has 12 heteroatoms. The molecular weight excluding hydrogens is 878 g/mol. The van der Waals surface area contributed by atoms with Gasteiger partial charge in [0, 0.05) is 25.7 Å². The van der Waals surface area contributed by atoms with Crippen LogP contribution < -0.4 is 0 Å². The van der Waals surface area contributed by atoms with E-state index < -0.39 is 49.6 Å². The van der Waals surface area contributed by atoms with Crippen molar-refractivity contribution < 1.29 is 51.6 Å². The van der Waals surface area contributed by atoms with Gasteiger partial charge in [-0.05, 0) is 25.7 Å². The lowest BCUT2D eigenvalue weighted by Crippen LogP contribution is -2.61. The molecule has 0 aromatic heterocycles. The molecule has 0 saturated heterocycles. The molecule has 68 heavy (non-hydrogen) atoms. The number of unbranched alkanes of at least 4 members (excludes halogenated alkanes) is 32. The fourth-order valence-corrected chi connectivity index (χ4v) is 9.44. The fraction of sp³-hybridized carbons (Fsp3) is 0.929. The minimum Gasteiger partial charge on any atom is -0.455 e. The van der Waals surface area contributed by atoms with Gasteiger partial charge in [-0.1, -0.05) is 233 Å². The van der Waals surface area contributed by atoms with Gasteiger partial charge in [-0.2, -0.15) is 0 Å². The van der Waals surface area contributed by atoms with Gasteiger partial charge in [-0.25, -0.2) is 4.57 Å². The summed E-state index contributed by atoms with van der Waals surface area (Å²) in [5.74, 6) is -2.69. The van der Waals surface area contributed by atoms with Crippen LogP contribution in [0.15, 0.2) is 0 Å². The quantitative estimate of drug-likeness (QED) is 0.0206. The van der Waals surface area contributed by atoms with E-state index >= 15 is 0 Å². The first-order valence-corrected chi connectivity index (χ1v) is 30.1. The van der Waals surface area contributed by atoms with Gasteiger partial charge in [-0.15, -0.1) is 0 Å². The number of phosphoric ester groups is 1. The molecule has 1 N–H and O–H groups in total. The van der Waals surface area contributed by atoms with Crippen LogP contribution in [0.5, 0.6) is 0 Å². The van der Waals surface area contributed by atoms with Gasteiger partial charge in [0.05, 0.1) is 21.1 Å². The Hall–Kier alpha value is -1.65. The van der Waals surface area contributed by atoms with Gasteiger partial charge < -0.3 is 18.9 Å². The zero-order valence-electron chi connectivity index (χ0n) is 45.5. The van der Waals surface area contributed by atoms with Crippen LogP contribution in [0.2, 0.25) is 0 Å². The zero-order valence-corrected chi connectivity index (χ0v) is 46.4. The number of hydrogen-bond donors (Lipinski definition) is 1. The molecule has 0 aliphatic carbocycles. The summed E-state index contributed by atoms with van der Waals surface area (Å²) in [6.45, 7) is 8.27. The molecule has 0 heterocycles. The van der Waals surface area contributed by atoms with Crippen LogP contribution in [0.1, 0.15) is 285 Å². The lowest BCUT2D eigenvalue weighted by Gasteiger charge is -2.37. The number of hydrogen-bond acceptors (Lipinski definition) is 9. The largest absolute Gasteiger partial charge is 0.472 e. The molecule has 0 aliphatic heterocycles. The summed E-state index contributed by atoms with van der Waals surface area (Å²) in [5, 5.41) is 0. The Kier molecular flexibility index (Phi) is 43.0. The third-order valence-corrected chi connectivity index (χ3v) is 14.2. The summed E-state index contributed by atoms with van der Waals surface area (Å²) in [5.41, 5.74) is -2.53. The molecule has 0 spiro atoms. The van der Waals surface area contributed by atoms with Crippen molar-refractivity contribution in [1.29, 1.82) is 0 Å². The summed E-state index contributed by atoms with van der Waals surface area (Å²) >= 11 is 0. The molecule has 11 nitrogen and oxygen atoms in total. The number of ether oxygens (including phenoxy) is 2. The Bertz CT molecular complexity index is 1250. The normalized spacial score (nSPS) is 13.4. The summed E-state index contributed by atoms with van der Waals surface area (Å²) in [6.07, 6.45) is 35.1. The van der Waals surface area contributed by atoms with Gasteiger partial charge in [0.15, 0.2) is 17.7 Å². The predicted molar refractivity (Wildman–Crippen MR) is 281 cm³/mol. The minimum atomic E-state index is -4.78. The first-order chi connectivity index (χ1) is 32.7. The maximum absolute atomic E-state index is 15.0. The number of Topliss-reactive ketones (excluding diaryl/α,β-unsaturated/α-hetero) is 2. The average molecular weight is 987 g/mol. The number of quaternary nitrogens is 1. The van der Waals surface area contributed by atoms with Crippen molar-refractivity contribution >= 4 is 31.3 Å². The molecule has 402 valence electrons. The van der Waals surface area contributed by atoms with E-state index in [1.165, 1.54) is 103 Å². The van der Waals surface area contributed by atoms with Gasteiger partial charge in [0.2, 0.25) is 0 Å². The standard InChI is InChI=1S/C56H108NO10P/c1-8-12-16-20-24-28-32-36-40-44-51(58)56(52(59)45-41-37-33-29-25-21-17-13-9-2,67-55(61)47-43-39-35-31-27-23-19-15-11-4)53(50-65-68(62,63)64-49-48-57(5,6)7)66-54(60)46-42-38-34-30-26-22-18-14-10-3/h53H,8-50H2,1-7H3/p+1. The number of esters is 2. The Morgan fingerprint density at radius 1 is 0.441 bits per heavy atom. The third-order valence-electron chi connectivity index (χ3n) is 13.2. The Morgan fingerprint density at radius 3 is 1.06 bits per heavy atom. The van der Waals surface area contributed by atoms with Crippen LogP contribution in [-0.4, -0.2) is 85.5 Å². The van der Waals surface area contributed by atoms with Crippen molar-refractivity contribution in [2.45, 2.75) is 296 Å². The van der Waals surface area contributed by atoms with Crippen molar-refractivity contribution in [3.05, 3.63) is 0 Å². The van der Waals surface area contributed by atoms with E-state index in [1.807, 2.05) is 21.1 Å². The van der Waals surface area contributed by atoms with Crippen LogP contribution in [0, 0.1) is 0 Å². The van der Waals surface area contributed by atoms with Crippen LogP contribution in [-0.2, 0) is 42.3 Å². The number of rotatable bonds is 52. The maximum atomic E-state index is 15.0. The second kappa shape index (κ2) is 44.1. The second-order valence-corrected chi connectivity index (χ2v) is 22.4. The number of carbonyl (C=O) groups is 4. The lowest BCUT2D eigenvalue weighted by atomic mass is 9.82. The Morgan fingerprint density at radius 2 is 0.735 bits per heavy atom. The van der Waals surface area contributed by atoms with Crippen LogP contribution >= 0.6 is 7.82 Å². The van der Waals surface area contributed by atoms with E-state index in [0.717, 1.165) is 103 Å². The van der Waals surface area contributed by atoms with Crippen molar-refractivity contribution in [1.82, 2.24) is 0 Å². The lowest BCUT2D eigenvalue weighted by molar-refractivity contribution is -0.870. The highest BCUT2D eigenvalue weighted by molar-refractivity contribution is 7.47. The van der Waals surface area contributed by atoms with Crippen molar-refractivity contribution in [3.8, 4) is 0 Å². The van der Waals surface area contributed by atoms with Crippen molar-refractivity contribution in [2.75, 3.05) is 40.9 Å². The zero-order chi connectivity index (χ0) is 50.6. The molecule has 0 aliphatic rings. The van der Waals surface area contributed by atoms with Gasteiger partial charge >= 0.3 is 19.8 Å². The first kappa shape index (κ1) is 66.3. The number of phosphoric acid groups is 1. The molecule has 0 amide bonds. The molecular formula is C56H109NO10P+. The van der Waals surface area contributed by atoms with Crippen molar-refractivity contribution in [2.24, 2.45) is 0 Å². The molecule has 0 fully saturated rings. The average Bonchev–Trinajstić information content (AvgIpc) is 3.29. The van der Waals surface area contributed by atoms with E-state index in [4.69, 9.17) is 18.5 Å². The summed E-state index contributed by atoms with van der Waals surface area (Å²) in [4.78, 5) is 68.8. The molecule has 0 radical (unpaired) electrons. The SMILES string of the molecule is CCCCCCCCCCCC(=O)OC(COP(=O)(O)OCC[N+](C)(C)C)C(OC(=O)CCCCCCCCCCC)(C(=O)CCCCCCCCCCC)C(=O)CCCCCCCCCCC. The number of likely N-dealkylation sites (N-methyl/N-ethyl adjacent to an activating group) is 1. The highest BCUT2D eigenvalue weighted by Crippen LogP contribution is 2.44. The Labute approximate surface area is 418 Å². The fourth-order valence-electron chi connectivity index (χ4n) is 8.73. The highest BCUT2D eigenvalue weighted by Gasteiger charge is 2.57. The van der Waals surface area contributed by atoms with Gasteiger partial charge in [0.25, 0.3) is 5.60 Å². The molecule has 2 atom stereocenters. The highest BCUT2D eigenvalue weighted by atomic mass is 31.2. The second-order valence-electron chi connectivity index (χ2n) is 21.0. The maximum Gasteiger partial charge on any atom is 0.472 e. The summed E-state index contributed by atoms with van der Waals surface area (Å²) in [7, 11) is 0.991. The Balaban J connectivity index is 6.73. The predicted octanol–water partition coefficient (Wildman–Crippen LogP) is 15.8. The molecule has 0 saturated carbocycles. The number of ketones is 2. The van der Waals surface area contributed by atoms with Crippen molar-refractivity contribution in [3.63, 3.8) is 0 Å². The van der Waals surface area contributed by atoms with E-state index in [0.29, 0.717) is 36.7 Å². The molecule has 0 aromatic rings. The smallest absolute Gasteiger partial charge is 0.455 e. The van der Waals surface area contributed by atoms with E-state index in [1.54, 1.807) is 0 Å². The summed E-state index contributed by atoms with van der Waals surface area (Å²) in [6, 6.07) is 0. The molecule has 0 rings (SSSR count). The molecule has 0 aromatic carbocycles. The van der Waals surface area contributed by atoms with Crippen LogP contribution in [0.25, 0.3) is 0 Å². The van der Waals surface area contributed by atoms with Crippen LogP contribution in [0.4, 0.5) is 0 Å². The number of nitrogens with zero attached hydrogens (tertiary/aromatic N) is 1. The third kappa shape index (κ3) is 37.2. The van der Waals surface area contributed by atoms with E-state index in [-0.39, 0.29) is 32.3 Å². The minimum absolute atomic E-state index is 0.0131. The van der Waals surface area contributed by atoms with Gasteiger partial charge in [-0.3, -0.25) is 28.2 Å². The molecule has 2 unspecified atom stereocenters. The topological polar surface area (TPSA) is 142 Å². The summed E-state index contributed by atoms with van der Waals surface area (Å²) < 4.78 is 37.1. The first-order valence-electron chi connectivity index (χ1n) is 28.6. The number of carbonyl (C=O) groups excluding carboxylic acids is 4.